The maximum absolute atomic E-state index is 12.3. The van der Waals surface area contributed by atoms with Crippen molar-refractivity contribution < 1.29 is 4.39 Å². The van der Waals surface area contributed by atoms with E-state index in [4.69, 9.17) is 0 Å². The van der Waals surface area contributed by atoms with E-state index in [0.29, 0.717) is 0 Å². The fourth-order valence-corrected chi connectivity index (χ4v) is 1.18. The zero-order valence-corrected chi connectivity index (χ0v) is 9.96. The molecule has 1 unspecified atom stereocenters. The average molecular weight is 208 g/mol. The van der Waals surface area contributed by atoms with Crippen molar-refractivity contribution in [2.45, 2.75) is 27.2 Å². The summed E-state index contributed by atoms with van der Waals surface area (Å²) in [7, 11) is 0. The zero-order valence-electron chi connectivity index (χ0n) is 9.96. The van der Waals surface area contributed by atoms with Crippen molar-refractivity contribution in [1.82, 2.24) is 0 Å². The lowest BCUT2D eigenvalue weighted by Crippen LogP contribution is -1.98. The molecule has 0 aromatic rings. The molecule has 0 saturated heterocycles. The van der Waals surface area contributed by atoms with Gasteiger partial charge in [0.15, 0.2) is 0 Å². The van der Waals surface area contributed by atoms with Gasteiger partial charge in [-0.1, -0.05) is 43.4 Å². The normalized spacial score (nSPS) is 15.1. The van der Waals surface area contributed by atoms with E-state index < -0.39 is 6.67 Å². The van der Waals surface area contributed by atoms with Crippen molar-refractivity contribution in [3.8, 4) is 0 Å². The van der Waals surface area contributed by atoms with Crippen LogP contribution in [0.1, 0.15) is 27.2 Å². The second kappa shape index (κ2) is 8.22. The highest BCUT2D eigenvalue weighted by Gasteiger charge is 2.05. The first-order valence-electron chi connectivity index (χ1n) is 5.32. The van der Waals surface area contributed by atoms with E-state index >= 15 is 0 Å². The quantitative estimate of drug-likeness (QED) is 0.441. The van der Waals surface area contributed by atoms with Gasteiger partial charge in [-0.05, 0) is 31.9 Å². The van der Waals surface area contributed by atoms with Crippen LogP contribution in [0.5, 0.6) is 0 Å². The van der Waals surface area contributed by atoms with Crippen molar-refractivity contribution in [1.29, 1.82) is 0 Å². The van der Waals surface area contributed by atoms with E-state index in [-0.39, 0.29) is 5.92 Å². The standard InChI is InChI=1S/C14H21F/c1-5-6-7-8-9-14(10-11-15)13(4)12(2)3/h5-6,8-10,13H,2,7,11H2,1,3-4H3/b6-5+,9-8-,14-10+. The first kappa shape index (κ1) is 13.9. The third kappa shape index (κ3) is 6.05. The second-order valence-corrected chi connectivity index (χ2v) is 3.63. The van der Waals surface area contributed by atoms with Crippen LogP contribution in [-0.4, -0.2) is 6.67 Å². The molecule has 0 aliphatic carbocycles. The summed E-state index contributed by atoms with van der Waals surface area (Å²) >= 11 is 0. The van der Waals surface area contributed by atoms with Crippen LogP contribution in [-0.2, 0) is 0 Å². The van der Waals surface area contributed by atoms with Gasteiger partial charge in [0, 0.05) is 5.92 Å². The van der Waals surface area contributed by atoms with Crippen LogP contribution >= 0.6 is 0 Å². The molecule has 1 atom stereocenters. The zero-order chi connectivity index (χ0) is 11.7. The molecule has 0 saturated carbocycles. The summed E-state index contributed by atoms with van der Waals surface area (Å²) in [6, 6.07) is 0. The number of allylic oxidation sites excluding steroid dienone is 7. The summed E-state index contributed by atoms with van der Waals surface area (Å²) < 4.78 is 12.3. The average Bonchev–Trinajstić information content (AvgIpc) is 2.21. The molecule has 84 valence electrons. The van der Waals surface area contributed by atoms with Crippen molar-refractivity contribution in [3.63, 3.8) is 0 Å². The minimum absolute atomic E-state index is 0.225. The monoisotopic (exact) mass is 208 g/mol. The predicted molar refractivity (Wildman–Crippen MR) is 66.6 cm³/mol. The van der Waals surface area contributed by atoms with Crippen LogP contribution in [0, 0.1) is 5.92 Å². The van der Waals surface area contributed by atoms with Crippen LogP contribution in [0.15, 0.2) is 48.1 Å². The fourth-order valence-electron chi connectivity index (χ4n) is 1.18. The molecule has 0 nitrogen and oxygen atoms in total. The highest BCUT2D eigenvalue weighted by Crippen LogP contribution is 2.19. The first-order valence-corrected chi connectivity index (χ1v) is 5.32. The van der Waals surface area contributed by atoms with Crippen LogP contribution in [0.25, 0.3) is 0 Å². The minimum atomic E-state index is -0.416. The van der Waals surface area contributed by atoms with Crippen molar-refractivity contribution in [3.05, 3.63) is 48.1 Å². The molecule has 0 amide bonds. The molecule has 0 aliphatic rings. The Kier molecular flexibility index (Phi) is 7.61. The summed E-state index contributed by atoms with van der Waals surface area (Å²) in [5.74, 6) is 0.225. The van der Waals surface area contributed by atoms with Gasteiger partial charge in [0.2, 0.25) is 0 Å². The van der Waals surface area contributed by atoms with E-state index in [0.717, 1.165) is 17.6 Å². The van der Waals surface area contributed by atoms with Gasteiger partial charge in [0.05, 0.1) is 0 Å². The lowest BCUT2D eigenvalue weighted by atomic mass is 9.94. The van der Waals surface area contributed by atoms with Gasteiger partial charge in [-0.3, -0.25) is 0 Å². The molecule has 0 aromatic heterocycles. The molecule has 0 spiro atoms. The highest BCUT2D eigenvalue weighted by atomic mass is 19.1. The Bertz CT molecular complexity index is 269. The van der Waals surface area contributed by atoms with Crippen molar-refractivity contribution in [2.75, 3.05) is 6.67 Å². The number of hydrogen-bond donors (Lipinski definition) is 0. The number of halogens is 1. The van der Waals surface area contributed by atoms with E-state index in [1.54, 1.807) is 6.08 Å². The fraction of sp³-hybridized carbons (Fsp3) is 0.429. The molecule has 0 N–H and O–H groups in total. The summed E-state index contributed by atoms with van der Waals surface area (Å²) in [5, 5.41) is 0. The van der Waals surface area contributed by atoms with Gasteiger partial charge in [-0.2, -0.15) is 0 Å². The predicted octanol–water partition coefficient (Wildman–Crippen LogP) is 4.62. The summed E-state index contributed by atoms with van der Waals surface area (Å²) in [4.78, 5) is 0. The van der Waals surface area contributed by atoms with Gasteiger partial charge in [0.1, 0.15) is 6.67 Å². The third-order valence-electron chi connectivity index (χ3n) is 2.37. The number of alkyl halides is 1. The van der Waals surface area contributed by atoms with Gasteiger partial charge in [0.25, 0.3) is 0 Å². The Labute approximate surface area is 92.9 Å². The van der Waals surface area contributed by atoms with Crippen LogP contribution in [0.2, 0.25) is 0 Å². The Morgan fingerprint density at radius 1 is 1.40 bits per heavy atom. The van der Waals surface area contributed by atoms with Gasteiger partial charge in [-0.15, -0.1) is 0 Å². The van der Waals surface area contributed by atoms with Crippen LogP contribution in [0.4, 0.5) is 4.39 Å². The van der Waals surface area contributed by atoms with Crippen molar-refractivity contribution >= 4 is 0 Å². The smallest absolute Gasteiger partial charge is 0.108 e. The number of rotatable bonds is 6. The molecule has 0 radical (unpaired) electrons. The molecule has 0 fully saturated rings. The highest BCUT2D eigenvalue weighted by molar-refractivity contribution is 5.27. The minimum Gasteiger partial charge on any atom is -0.247 e. The largest absolute Gasteiger partial charge is 0.247 e. The summed E-state index contributed by atoms with van der Waals surface area (Å²) in [6.45, 7) is 9.48. The SMILES string of the molecule is C=C(C)C(C)C(/C=C\C/C=C/C)=C/CF. The molecule has 0 rings (SSSR count). The maximum atomic E-state index is 12.3. The molecule has 0 heterocycles. The van der Waals surface area contributed by atoms with E-state index in [1.807, 2.05) is 39.0 Å². The number of hydrogen-bond acceptors (Lipinski definition) is 0. The maximum Gasteiger partial charge on any atom is 0.108 e. The van der Waals surface area contributed by atoms with Gasteiger partial charge >= 0.3 is 0 Å². The molecule has 0 bridgehead atoms. The lowest BCUT2D eigenvalue weighted by molar-refractivity contribution is 0.557. The topological polar surface area (TPSA) is 0 Å². The van der Waals surface area contributed by atoms with E-state index in [1.165, 1.54) is 0 Å². The van der Waals surface area contributed by atoms with Gasteiger partial charge < -0.3 is 0 Å². The Balaban J connectivity index is 4.48. The Morgan fingerprint density at radius 2 is 2.07 bits per heavy atom. The molecule has 15 heavy (non-hydrogen) atoms. The molecule has 1 heteroatoms. The Hall–Kier alpha value is -1.11. The molecular weight excluding hydrogens is 187 g/mol. The Morgan fingerprint density at radius 3 is 2.53 bits per heavy atom. The van der Waals surface area contributed by atoms with E-state index in [2.05, 4.69) is 12.7 Å². The van der Waals surface area contributed by atoms with Gasteiger partial charge in [-0.25, -0.2) is 4.39 Å². The second-order valence-electron chi connectivity index (χ2n) is 3.63. The van der Waals surface area contributed by atoms with Crippen LogP contribution < -0.4 is 0 Å². The third-order valence-corrected chi connectivity index (χ3v) is 2.37. The first-order chi connectivity index (χ1) is 7.13. The summed E-state index contributed by atoms with van der Waals surface area (Å²) in [5.41, 5.74) is 2.07. The molecular formula is C14H21F. The molecule has 0 aromatic carbocycles. The van der Waals surface area contributed by atoms with E-state index in [9.17, 15) is 4.39 Å². The van der Waals surface area contributed by atoms with Crippen LogP contribution in [0.3, 0.4) is 0 Å². The molecule has 0 aliphatic heterocycles. The summed E-state index contributed by atoms with van der Waals surface area (Å²) in [6.07, 6.45) is 10.6. The van der Waals surface area contributed by atoms with Crippen molar-refractivity contribution in [2.24, 2.45) is 5.92 Å². The lowest BCUT2D eigenvalue weighted by Gasteiger charge is -2.12.